The minimum Gasteiger partial charge on any atom is -0.492 e. The maximum absolute atomic E-state index is 12.8. The molecule has 3 aliphatic heterocycles. The molecule has 2 aromatic rings. The monoisotopic (exact) mass is 405 g/mol. The molecular formula is C24H27N3O3. The molecule has 2 aromatic carbocycles. The summed E-state index contributed by atoms with van der Waals surface area (Å²) < 4.78 is 6.00. The molecule has 30 heavy (non-hydrogen) atoms. The molecule has 0 radical (unpaired) electrons. The van der Waals surface area contributed by atoms with Gasteiger partial charge in [0.1, 0.15) is 12.4 Å². The van der Waals surface area contributed by atoms with Gasteiger partial charge in [-0.25, -0.2) is 0 Å². The zero-order chi connectivity index (χ0) is 20.9. The van der Waals surface area contributed by atoms with Crippen LogP contribution in [0.15, 0.2) is 42.5 Å². The number of amides is 2. The van der Waals surface area contributed by atoms with Gasteiger partial charge in [0, 0.05) is 37.4 Å². The fourth-order valence-corrected chi connectivity index (χ4v) is 5.26. The molecule has 2 unspecified atom stereocenters. The molecule has 156 valence electrons. The third-order valence-electron chi connectivity index (χ3n) is 6.93. The summed E-state index contributed by atoms with van der Waals surface area (Å²) in [6, 6.07) is 14.1. The van der Waals surface area contributed by atoms with Crippen LogP contribution in [0.3, 0.4) is 0 Å². The van der Waals surface area contributed by atoms with Gasteiger partial charge in [0.2, 0.25) is 5.91 Å². The molecule has 0 bridgehead atoms. The third-order valence-corrected chi connectivity index (χ3v) is 6.93. The highest BCUT2D eigenvalue weighted by Gasteiger charge is 2.50. The summed E-state index contributed by atoms with van der Waals surface area (Å²) in [5.74, 6) is 1.02. The first kappa shape index (κ1) is 19.1. The van der Waals surface area contributed by atoms with E-state index in [1.54, 1.807) is 4.90 Å². The lowest BCUT2D eigenvalue weighted by Crippen LogP contribution is -2.51. The lowest BCUT2D eigenvalue weighted by Gasteiger charge is -2.42. The Hall–Kier alpha value is -2.86. The van der Waals surface area contributed by atoms with Crippen molar-refractivity contribution in [1.29, 1.82) is 0 Å². The highest BCUT2D eigenvalue weighted by molar-refractivity contribution is 6.06. The van der Waals surface area contributed by atoms with Crippen molar-refractivity contribution in [2.24, 2.45) is 0 Å². The van der Waals surface area contributed by atoms with Crippen LogP contribution in [0.25, 0.3) is 0 Å². The van der Waals surface area contributed by atoms with Gasteiger partial charge in [-0.15, -0.1) is 0 Å². The molecule has 1 spiro atoms. The van der Waals surface area contributed by atoms with Crippen LogP contribution < -0.4 is 10.1 Å². The van der Waals surface area contributed by atoms with Crippen molar-refractivity contribution in [3.8, 4) is 5.75 Å². The van der Waals surface area contributed by atoms with E-state index >= 15 is 0 Å². The summed E-state index contributed by atoms with van der Waals surface area (Å²) in [5, 5.41) is 3.08. The highest BCUT2D eigenvalue weighted by Crippen LogP contribution is 2.46. The number of anilines is 1. The van der Waals surface area contributed by atoms with Gasteiger partial charge < -0.3 is 15.0 Å². The Morgan fingerprint density at radius 2 is 2.03 bits per heavy atom. The van der Waals surface area contributed by atoms with Gasteiger partial charge in [-0.2, -0.15) is 0 Å². The van der Waals surface area contributed by atoms with E-state index in [0.29, 0.717) is 19.2 Å². The zero-order valence-corrected chi connectivity index (χ0v) is 17.5. The minimum absolute atomic E-state index is 0.0742. The predicted octanol–water partition coefficient (Wildman–Crippen LogP) is 3.03. The average Bonchev–Trinajstić information content (AvgIpc) is 3.17. The number of rotatable bonds is 4. The van der Waals surface area contributed by atoms with Crippen LogP contribution >= 0.6 is 0 Å². The molecule has 1 saturated heterocycles. The Balaban J connectivity index is 1.20. The quantitative estimate of drug-likeness (QED) is 0.849. The first-order chi connectivity index (χ1) is 14.5. The number of nitrogens with one attached hydrogen (secondary N) is 1. The molecule has 2 amide bonds. The first-order valence-electron chi connectivity index (χ1n) is 10.6. The van der Waals surface area contributed by atoms with Crippen LogP contribution in [0.4, 0.5) is 5.69 Å². The van der Waals surface area contributed by atoms with E-state index in [2.05, 4.69) is 23.2 Å². The Kier molecular flexibility index (Phi) is 4.54. The molecule has 1 fully saturated rings. The summed E-state index contributed by atoms with van der Waals surface area (Å²) in [7, 11) is 1.82. The van der Waals surface area contributed by atoms with E-state index in [-0.39, 0.29) is 11.8 Å². The molecule has 0 aromatic heterocycles. The molecule has 1 N–H and O–H groups in total. The number of benzene rings is 2. The van der Waals surface area contributed by atoms with Gasteiger partial charge in [-0.05, 0) is 61.7 Å². The molecule has 0 aliphatic carbocycles. The third kappa shape index (κ3) is 2.98. The topological polar surface area (TPSA) is 61.9 Å². The van der Waals surface area contributed by atoms with Crippen LogP contribution in [0.1, 0.15) is 41.3 Å². The number of nitrogens with zero attached hydrogens (tertiary/aromatic N) is 2. The first-order valence-corrected chi connectivity index (χ1v) is 10.6. The second kappa shape index (κ2) is 7.13. The van der Waals surface area contributed by atoms with E-state index in [4.69, 9.17) is 4.74 Å². The zero-order valence-electron chi connectivity index (χ0n) is 17.5. The number of fused-ring (bicyclic) bond motifs is 3. The van der Waals surface area contributed by atoms with Crippen LogP contribution in [-0.4, -0.2) is 54.4 Å². The summed E-state index contributed by atoms with van der Waals surface area (Å²) in [4.78, 5) is 29.0. The number of ether oxygens (including phenoxy) is 1. The van der Waals surface area contributed by atoms with Crippen molar-refractivity contribution < 1.29 is 14.3 Å². The van der Waals surface area contributed by atoms with Crippen LogP contribution in [-0.2, 0) is 16.8 Å². The van der Waals surface area contributed by atoms with E-state index in [1.165, 1.54) is 0 Å². The van der Waals surface area contributed by atoms with Gasteiger partial charge in [0.15, 0.2) is 0 Å². The molecular weight excluding hydrogens is 378 g/mol. The number of para-hydroxylation sites is 1. The predicted molar refractivity (Wildman–Crippen MR) is 115 cm³/mol. The van der Waals surface area contributed by atoms with Crippen LogP contribution in [0.5, 0.6) is 5.75 Å². The molecule has 6 heteroatoms. The van der Waals surface area contributed by atoms with Crippen molar-refractivity contribution in [3.63, 3.8) is 0 Å². The summed E-state index contributed by atoms with van der Waals surface area (Å²) in [6.07, 6.45) is 1.65. The van der Waals surface area contributed by atoms with Crippen LogP contribution in [0.2, 0.25) is 0 Å². The maximum Gasteiger partial charge on any atom is 0.254 e. The van der Waals surface area contributed by atoms with E-state index < -0.39 is 5.41 Å². The van der Waals surface area contributed by atoms with Crippen molar-refractivity contribution in [3.05, 3.63) is 59.2 Å². The maximum atomic E-state index is 12.8. The second-order valence-corrected chi connectivity index (χ2v) is 8.75. The SMILES string of the molecule is CC1CC2(CCN1CCOc1ccc3c(c1)CN(C)C3=O)C(=O)Nc1ccccc12. The molecule has 0 saturated carbocycles. The highest BCUT2D eigenvalue weighted by atomic mass is 16.5. The van der Waals surface area contributed by atoms with Gasteiger partial charge >= 0.3 is 0 Å². The Bertz CT molecular complexity index is 1020. The summed E-state index contributed by atoms with van der Waals surface area (Å²) in [5.41, 5.74) is 3.52. The largest absolute Gasteiger partial charge is 0.492 e. The van der Waals surface area contributed by atoms with Crippen molar-refractivity contribution >= 4 is 17.5 Å². The Morgan fingerprint density at radius 3 is 2.87 bits per heavy atom. The molecule has 2 atom stereocenters. The number of hydrogen-bond acceptors (Lipinski definition) is 4. The molecule has 5 rings (SSSR count). The number of likely N-dealkylation sites (tertiary alicyclic amines) is 1. The number of carbonyl (C=O) groups is 2. The van der Waals surface area contributed by atoms with E-state index in [9.17, 15) is 9.59 Å². The normalized spacial score (nSPS) is 25.4. The molecule has 3 aliphatic rings. The fourth-order valence-electron chi connectivity index (χ4n) is 5.26. The lowest BCUT2D eigenvalue weighted by atomic mass is 9.71. The van der Waals surface area contributed by atoms with Crippen LogP contribution in [0, 0.1) is 0 Å². The molecule has 6 nitrogen and oxygen atoms in total. The minimum atomic E-state index is -0.397. The van der Waals surface area contributed by atoms with Crippen molar-refractivity contribution in [2.75, 3.05) is 32.1 Å². The molecule has 3 heterocycles. The van der Waals surface area contributed by atoms with Gasteiger partial charge in [-0.3, -0.25) is 14.5 Å². The summed E-state index contributed by atoms with van der Waals surface area (Å²) in [6.45, 7) is 5.11. The van der Waals surface area contributed by atoms with E-state index in [0.717, 1.165) is 54.1 Å². The average molecular weight is 405 g/mol. The standard InChI is InChI=1S/C24H27N3O3/c1-16-14-24(20-5-3-4-6-21(20)25-23(24)29)9-10-27(16)11-12-30-18-7-8-19-17(13-18)15-26(2)22(19)28/h3-8,13,16H,9-12,14-15H2,1-2H3,(H,25,29). The van der Waals surface area contributed by atoms with Gasteiger partial charge in [-0.1, -0.05) is 18.2 Å². The smallest absolute Gasteiger partial charge is 0.254 e. The van der Waals surface area contributed by atoms with Crippen molar-refractivity contribution in [2.45, 2.75) is 37.8 Å². The Morgan fingerprint density at radius 1 is 1.20 bits per heavy atom. The van der Waals surface area contributed by atoms with Gasteiger partial charge in [0.25, 0.3) is 5.91 Å². The van der Waals surface area contributed by atoms with E-state index in [1.807, 2.05) is 43.4 Å². The number of carbonyl (C=O) groups excluding carboxylic acids is 2. The number of hydrogen-bond donors (Lipinski definition) is 1. The summed E-state index contributed by atoms with van der Waals surface area (Å²) >= 11 is 0. The van der Waals surface area contributed by atoms with Gasteiger partial charge in [0.05, 0.1) is 5.41 Å². The Labute approximate surface area is 176 Å². The lowest BCUT2D eigenvalue weighted by molar-refractivity contribution is -0.123. The fraction of sp³-hybridized carbons (Fsp3) is 0.417. The number of piperidine rings is 1. The second-order valence-electron chi connectivity index (χ2n) is 8.75. The van der Waals surface area contributed by atoms with Crippen molar-refractivity contribution in [1.82, 2.24) is 9.80 Å².